The molecule has 1 heterocycles. The van der Waals surface area contributed by atoms with Crippen molar-refractivity contribution in [3.63, 3.8) is 0 Å². The Morgan fingerprint density at radius 1 is 1.25 bits per heavy atom. The third-order valence-corrected chi connectivity index (χ3v) is 5.47. The highest BCUT2D eigenvalue weighted by Gasteiger charge is 2.32. The molecular formula is C9H18BS2. The Hall–Kier alpha value is 0.765. The van der Waals surface area contributed by atoms with E-state index >= 15 is 0 Å². The maximum atomic E-state index is 2.50. The molecule has 0 spiro atoms. The molecule has 0 aromatic heterocycles. The minimum absolute atomic E-state index is 0.657. The molecule has 1 radical (unpaired) electrons. The van der Waals surface area contributed by atoms with Crippen molar-refractivity contribution < 1.29 is 0 Å². The lowest BCUT2D eigenvalue weighted by molar-refractivity contribution is 0.421. The van der Waals surface area contributed by atoms with Gasteiger partial charge in [0.1, 0.15) is 7.28 Å². The molecule has 0 amide bonds. The van der Waals surface area contributed by atoms with Crippen LogP contribution in [0.4, 0.5) is 0 Å². The molecule has 0 unspecified atom stereocenters. The van der Waals surface area contributed by atoms with E-state index in [2.05, 4.69) is 42.7 Å². The third-order valence-electron chi connectivity index (χ3n) is 2.63. The van der Waals surface area contributed by atoms with E-state index in [0.717, 1.165) is 0 Å². The van der Waals surface area contributed by atoms with Gasteiger partial charge >= 0.3 is 0 Å². The molecule has 0 atom stereocenters. The molecule has 0 bridgehead atoms. The number of hydrogen-bond acceptors (Lipinski definition) is 2. The molecule has 69 valence electrons. The van der Waals surface area contributed by atoms with Crippen molar-refractivity contribution in [2.45, 2.75) is 39.3 Å². The van der Waals surface area contributed by atoms with Crippen LogP contribution in [0.25, 0.3) is 0 Å². The van der Waals surface area contributed by atoms with Gasteiger partial charge in [-0.3, -0.25) is 0 Å². The van der Waals surface area contributed by atoms with Crippen LogP contribution in [-0.4, -0.2) is 18.8 Å². The van der Waals surface area contributed by atoms with Gasteiger partial charge in [0.2, 0.25) is 0 Å². The largest absolute Gasteiger partial charge is 0.110 e. The lowest BCUT2D eigenvalue weighted by Crippen LogP contribution is -2.23. The molecule has 0 nitrogen and oxygen atoms in total. The van der Waals surface area contributed by atoms with Crippen LogP contribution >= 0.6 is 21.6 Å². The van der Waals surface area contributed by atoms with Crippen LogP contribution in [-0.2, 0) is 0 Å². The molecule has 1 rings (SSSR count). The molecule has 1 aliphatic heterocycles. The Labute approximate surface area is 85.3 Å². The summed E-state index contributed by atoms with van der Waals surface area (Å²) >= 11 is 0. The van der Waals surface area contributed by atoms with Gasteiger partial charge in [-0.15, -0.1) is 0 Å². The van der Waals surface area contributed by atoms with Gasteiger partial charge in [0, 0.05) is 11.5 Å². The summed E-state index contributed by atoms with van der Waals surface area (Å²) in [7, 11) is 6.62. The summed E-state index contributed by atoms with van der Waals surface area (Å²) in [6.07, 6.45) is 5.31. The summed E-state index contributed by atoms with van der Waals surface area (Å²) in [5.74, 6) is 2.74. The fourth-order valence-corrected chi connectivity index (χ4v) is 5.10. The van der Waals surface area contributed by atoms with Gasteiger partial charge in [-0.2, -0.15) is 0 Å². The smallest absolute Gasteiger partial charge is 0.0936 e. The van der Waals surface area contributed by atoms with Crippen LogP contribution in [0, 0.1) is 5.41 Å². The van der Waals surface area contributed by atoms with E-state index in [9.17, 15) is 0 Å². The molecule has 12 heavy (non-hydrogen) atoms. The molecule has 0 aromatic carbocycles. The van der Waals surface area contributed by atoms with Crippen molar-refractivity contribution in [3.8, 4) is 0 Å². The Morgan fingerprint density at radius 2 is 1.92 bits per heavy atom. The minimum atomic E-state index is 0.657. The molecule has 0 aromatic rings. The van der Waals surface area contributed by atoms with Crippen molar-refractivity contribution in [1.29, 1.82) is 0 Å². The molecular weight excluding hydrogens is 183 g/mol. The summed E-state index contributed by atoms with van der Waals surface area (Å²) < 4.78 is 0. The van der Waals surface area contributed by atoms with Gasteiger partial charge in [-0.1, -0.05) is 54.5 Å². The highest BCUT2D eigenvalue weighted by Crippen LogP contribution is 2.47. The molecule has 1 aliphatic rings. The van der Waals surface area contributed by atoms with Gasteiger partial charge in [0.05, 0.1) is 0 Å². The maximum Gasteiger partial charge on any atom is 0.110 e. The molecule has 0 saturated carbocycles. The quantitative estimate of drug-likeness (QED) is 0.377. The van der Waals surface area contributed by atoms with Crippen LogP contribution in [0.3, 0.4) is 0 Å². The highest BCUT2D eigenvalue weighted by molar-refractivity contribution is 8.77. The van der Waals surface area contributed by atoms with Crippen molar-refractivity contribution >= 4 is 28.9 Å². The van der Waals surface area contributed by atoms with Gasteiger partial charge in [-0.25, -0.2) is 0 Å². The second kappa shape index (κ2) is 5.49. The zero-order valence-corrected chi connectivity index (χ0v) is 9.77. The van der Waals surface area contributed by atoms with Gasteiger partial charge < -0.3 is 0 Å². The van der Waals surface area contributed by atoms with Crippen LogP contribution in [0.1, 0.15) is 26.7 Å². The van der Waals surface area contributed by atoms with E-state index in [-0.39, 0.29) is 0 Å². The summed E-state index contributed by atoms with van der Waals surface area (Å²) in [6.45, 7) is 4.60. The summed E-state index contributed by atoms with van der Waals surface area (Å²) in [6, 6.07) is 0. The van der Waals surface area contributed by atoms with E-state index in [1.54, 1.807) is 0 Å². The van der Waals surface area contributed by atoms with Gasteiger partial charge in [0.15, 0.2) is 0 Å². The summed E-state index contributed by atoms with van der Waals surface area (Å²) in [5.41, 5.74) is 0.657. The van der Waals surface area contributed by atoms with E-state index in [1.165, 1.54) is 37.0 Å². The second-order valence-electron chi connectivity index (χ2n) is 3.66. The first-order chi connectivity index (χ1) is 5.83. The third kappa shape index (κ3) is 2.92. The summed E-state index contributed by atoms with van der Waals surface area (Å²) in [4.78, 5) is 0. The molecule has 3 heteroatoms. The van der Waals surface area contributed by atoms with Crippen molar-refractivity contribution in [2.24, 2.45) is 5.41 Å². The molecule has 1 fully saturated rings. The number of hydrogen-bond donors (Lipinski definition) is 0. The van der Waals surface area contributed by atoms with E-state index in [0.29, 0.717) is 5.41 Å². The van der Waals surface area contributed by atoms with Crippen LogP contribution < -0.4 is 0 Å². The van der Waals surface area contributed by atoms with Gasteiger partial charge in [-0.05, 0) is 11.8 Å². The Bertz CT molecular complexity index is 122. The SMILES string of the molecule is CCC[B]CC1(CC)CSSC1. The topological polar surface area (TPSA) is 0 Å². The summed E-state index contributed by atoms with van der Waals surface area (Å²) in [5, 5.41) is 0. The van der Waals surface area contributed by atoms with E-state index in [4.69, 9.17) is 0 Å². The van der Waals surface area contributed by atoms with Crippen LogP contribution in [0.15, 0.2) is 0 Å². The van der Waals surface area contributed by atoms with Crippen molar-refractivity contribution in [1.82, 2.24) is 0 Å². The first-order valence-electron chi connectivity index (χ1n) is 4.89. The predicted molar refractivity (Wildman–Crippen MR) is 63.3 cm³/mol. The Kier molecular flexibility index (Phi) is 4.96. The zero-order chi connectivity index (χ0) is 8.86. The van der Waals surface area contributed by atoms with Crippen LogP contribution in [0.5, 0.6) is 0 Å². The van der Waals surface area contributed by atoms with Crippen LogP contribution in [0.2, 0.25) is 12.6 Å². The minimum Gasteiger partial charge on any atom is -0.0936 e. The zero-order valence-electron chi connectivity index (χ0n) is 8.14. The average Bonchev–Trinajstić information content (AvgIpc) is 2.55. The first-order valence-corrected chi connectivity index (χ1v) is 7.38. The lowest BCUT2D eigenvalue weighted by Gasteiger charge is -2.25. The maximum absolute atomic E-state index is 2.50. The Balaban J connectivity index is 2.24. The fraction of sp³-hybridized carbons (Fsp3) is 1.00. The Morgan fingerprint density at radius 3 is 2.42 bits per heavy atom. The first kappa shape index (κ1) is 10.8. The van der Waals surface area contributed by atoms with Gasteiger partial charge in [0.25, 0.3) is 0 Å². The van der Waals surface area contributed by atoms with E-state index < -0.39 is 0 Å². The monoisotopic (exact) mass is 201 g/mol. The second-order valence-corrected chi connectivity index (χ2v) is 6.12. The fourth-order valence-electron chi connectivity index (χ4n) is 1.45. The van der Waals surface area contributed by atoms with Crippen molar-refractivity contribution in [2.75, 3.05) is 11.5 Å². The normalized spacial score (nSPS) is 21.2. The van der Waals surface area contributed by atoms with Crippen molar-refractivity contribution in [3.05, 3.63) is 0 Å². The highest BCUT2D eigenvalue weighted by atomic mass is 33.1. The standard InChI is InChI=1S/C9H18BS2/c1-3-5-10-6-9(4-2)7-11-12-8-9/h3-8H2,1-2H3. The van der Waals surface area contributed by atoms with E-state index in [1.807, 2.05) is 0 Å². The molecule has 0 aliphatic carbocycles. The molecule has 1 saturated heterocycles. The lowest BCUT2D eigenvalue weighted by atomic mass is 9.60. The molecule has 0 N–H and O–H groups in total. The number of rotatable bonds is 5. The average molecular weight is 201 g/mol. The predicted octanol–water partition coefficient (Wildman–Crippen LogP) is 3.73.